The number of nitrogens with one attached hydrogen (secondary N) is 1. The van der Waals surface area contributed by atoms with Crippen molar-refractivity contribution in [3.63, 3.8) is 0 Å². The molecule has 0 atom stereocenters. The first kappa shape index (κ1) is 17.9. The van der Waals surface area contributed by atoms with Crippen molar-refractivity contribution >= 4 is 17.2 Å². The molecule has 0 radical (unpaired) electrons. The second kappa shape index (κ2) is 7.60. The first-order valence-corrected chi connectivity index (χ1v) is 8.88. The van der Waals surface area contributed by atoms with Crippen LogP contribution in [0.1, 0.15) is 12.1 Å². The number of hydrogen-bond acceptors (Lipinski definition) is 2. The molecule has 4 nitrogen and oxygen atoms in total. The molecule has 1 amide bonds. The number of aryl methyl sites for hydroxylation is 1. The van der Waals surface area contributed by atoms with Gasteiger partial charge in [-0.2, -0.15) is 0 Å². The molecule has 0 fully saturated rings. The number of nitrogens with zero attached hydrogens (tertiary/aromatic N) is 2. The molecule has 4 rings (SSSR count). The predicted octanol–water partition coefficient (Wildman–Crippen LogP) is 4.85. The summed E-state index contributed by atoms with van der Waals surface area (Å²) in [6.45, 7) is 0. The number of rotatable bonds is 5. The van der Waals surface area contributed by atoms with Crippen LogP contribution in [-0.2, 0) is 11.2 Å². The normalized spacial score (nSPS) is 10.9. The minimum atomic E-state index is -0.798. The molecule has 28 heavy (non-hydrogen) atoms. The monoisotopic (exact) mass is 377 g/mol. The van der Waals surface area contributed by atoms with Gasteiger partial charge < -0.3 is 9.72 Å². The van der Waals surface area contributed by atoms with Crippen LogP contribution < -0.4 is 5.32 Å². The van der Waals surface area contributed by atoms with Crippen molar-refractivity contribution in [1.82, 2.24) is 9.38 Å². The highest BCUT2D eigenvalue weighted by molar-refractivity contribution is 5.91. The molecule has 0 saturated carbocycles. The highest BCUT2D eigenvalue weighted by atomic mass is 19.1. The van der Waals surface area contributed by atoms with Gasteiger partial charge in [0.15, 0.2) is 0 Å². The van der Waals surface area contributed by atoms with Crippen molar-refractivity contribution in [2.24, 2.45) is 0 Å². The smallest absolute Gasteiger partial charge is 0.224 e. The number of hydrogen-bond donors (Lipinski definition) is 1. The van der Waals surface area contributed by atoms with Crippen LogP contribution in [-0.4, -0.2) is 15.3 Å². The molecule has 0 unspecified atom stereocenters. The van der Waals surface area contributed by atoms with E-state index in [1.54, 1.807) is 0 Å². The summed E-state index contributed by atoms with van der Waals surface area (Å²) in [5.41, 5.74) is 3.43. The highest BCUT2D eigenvalue weighted by Gasteiger charge is 2.15. The third kappa shape index (κ3) is 3.62. The average molecular weight is 377 g/mol. The van der Waals surface area contributed by atoms with Gasteiger partial charge in [0.25, 0.3) is 0 Å². The van der Waals surface area contributed by atoms with E-state index in [9.17, 15) is 13.6 Å². The van der Waals surface area contributed by atoms with Crippen LogP contribution in [0.3, 0.4) is 0 Å². The zero-order valence-corrected chi connectivity index (χ0v) is 14.9. The van der Waals surface area contributed by atoms with E-state index in [1.807, 2.05) is 59.1 Å². The zero-order chi connectivity index (χ0) is 19.5. The molecule has 0 aliphatic heterocycles. The molecule has 6 heteroatoms. The second-order valence-electron chi connectivity index (χ2n) is 6.37. The van der Waals surface area contributed by atoms with E-state index >= 15 is 0 Å². The van der Waals surface area contributed by atoms with Gasteiger partial charge in [0.2, 0.25) is 5.91 Å². The number of fused-ring (bicyclic) bond motifs is 1. The van der Waals surface area contributed by atoms with Crippen LogP contribution in [0.4, 0.5) is 14.5 Å². The lowest BCUT2D eigenvalue weighted by molar-refractivity contribution is -0.116. The topological polar surface area (TPSA) is 46.4 Å². The lowest BCUT2D eigenvalue weighted by Crippen LogP contribution is -2.14. The molecule has 1 N–H and O–H groups in total. The molecular weight excluding hydrogens is 360 g/mol. The lowest BCUT2D eigenvalue weighted by atomic mass is 10.1. The molecular formula is C22H17F2N3O. The number of amides is 1. The Bertz CT molecular complexity index is 1140. The van der Waals surface area contributed by atoms with Crippen LogP contribution in [0.2, 0.25) is 0 Å². The Labute approximate surface area is 160 Å². The minimum Gasteiger partial charge on any atom is -0.324 e. The van der Waals surface area contributed by atoms with E-state index in [1.165, 1.54) is 6.07 Å². The van der Waals surface area contributed by atoms with Gasteiger partial charge in [-0.3, -0.25) is 4.79 Å². The zero-order valence-electron chi connectivity index (χ0n) is 14.9. The van der Waals surface area contributed by atoms with Gasteiger partial charge in [-0.25, -0.2) is 13.8 Å². The van der Waals surface area contributed by atoms with Crippen LogP contribution >= 0.6 is 0 Å². The molecule has 0 saturated heterocycles. The Morgan fingerprint density at radius 2 is 1.79 bits per heavy atom. The van der Waals surface area contributed by atoms with E-state index in [0.29, 0.717) is 6.42 Å². The van der Waals surface area contributed by atoms with Gasteiger partial charge in [-0.1, -0.05) is 36.4 Å². The lowest BCUT2D eigenvalue weighted by Gasteiger charge is -2.08. The highest BCUT2D eigenvalue weighted by Crippen LogP contribution is 2.25. The van der Waals surface area contributed by atoms with Gasteiger partial charge >= 0.3 is 0 Å². The van der Waals surface area contributed by atoms with Crippen LogP contribution in [0, 0.1) is 11.6 Å². The van der Waals surface area contributed by atoms with Crippen molar-refractivity contribution in [3.05, 3.63) is 90.3 Å². The summed E-state index contributed by atoms with van der Waals surface area (Å²) < 4.78 is 28.7. The van der Waals surface area contributed by atoms with Crippen molar-refractivity contribution in [2.45, 2.75) is 12.8 Å². The van der Waals surface area contributed by atoms with E-state index < -0.39 is 11.6 Å². The maximum atomic E-state index is 13.7. The predicted molar refractivity (Wildman–Crippen MR) is 104 cm³/mol. The van der Waals surface area contributed by atoms with Crippen LogP contribution in [0.5, 0.6) is 0 Å². The molecule has 0 spiro atoms. The van der Waals surface area contributed by atoms with E-state index in [-0.39, 0.29) is 18.0 Å². The second-order valence-corrected chi connectivity index (χ2v) is 6.37. The quantitative estimate of drug-likeness (QED) is 0.540. The maximum Gasteiger partial charge on any atom is 0.224 e. The van der Waals surface area contributed by atoms with Crippen LogP contribution in [0.15, 0.2) is 72.9 Å². The number of pyridine rings is 1. The fourth-order valence-corrected chi connectivity index (χ4v) is 3.15. The third-order valence-electron chi connectivity index (χ3n) is 4.47. The van der Waals surface area contributed by atoms with Crippen molar-refractivity contribution < 1.29 is 13.6 Å². The minimum absolute atomic E-state index is 0.0344. The first-order chi connectivity index (χ1) is 13.6. The summed E-state index contributed by atoms with van der Waals surface area (Å²) in [7, 11) is 0. The van der Waals surface area contributed by atoms with E-state index in [2.05, 4.69) is 5.32 Å². The van der Waals surface area contributed by atoms with E-state index in [4.69, 9.17) is 4.98 Å². The summed E-state index contributed by atoms with van der Waals surface area (Å²) in [6, 6.07) is 18.5. The summed E-state index contributed by atoms with van der Waals surface area (Å²) in [6.07, 6.45) is 2.46. The van der Waals surface area contributed by atoms with Gasteiger partial charge in [0.05, 0.1) is 17.1 Å². The molecule has 0 bridgehead atoms. The largest absolute Gasteiger partial charge is 0.324 e. The molecule has 4 aromatic rings. The van der Waals surface area contributed by atoms with Crippen molar-refractivity contribution in [3.8, 4) is 11.3 Å². The number of aromatic nitrogens is 2. The maximum absolute atomic E-state index is 13.7. The van der Waals surface area contributed by atoms with Gasteiger partial charge in [0.1, 0.15) is 17.3 Å². The van der Waals surface area contributed by atoms with Gasteiger partial charge in [-0.15, -0.1) is 0 Å². The molecule has 2 aromatic carbocycles. The SMILES string of the molecule is O=C(CCc1c(-c2ccccc2)nc2ccccn12)Nc1ccc(F)cc1F. The first-order valence-electron chi connectivity index (χ1n) is 8.88. The molecule has 0 aliphatic carbocycles. The standard InChI is InChI=1S/C22H17F2N3O/c23-16-9-10-18(17(24)14-16)25-21(28)12-11-19-22(15-6-2-1-3-7-15)26-20-8-4-5-13-27(19)20/h1-10,13-14H,11-12H2,(H,25,28). The number of anilines is 1. The molecule has 0 aliphatic rings. The summed E-state index contributed by atoms with van der Waals surface area (Å²) in [5, 5.41) is 2.50. The molecule has 2 heterocycles. The Hall–Kier alpha value is -3.54. The number of imidazole rings is 1. The fourth-order valence-electron chi connectivity index (χ4n) is 3.15. The number of carbonyl (C=O) groups is 1. The summed E-state index contributed by atoms with van der Waals surface area (Å²) in [4.78, 5) is 17.0. The van der Waals surface area contributed by atoms with Gasteiger partial charge in [0, 0.05) is 24.2 Å². The number of carbonyl (C=O) groups excluding carboxylic acids is 1. The molecule has 140 valence electrons. The third-order valence-corrected chi connectivity index (χ3v) is 4.47. The number of benzene rings is 2. The Morgan fingerprint density at radius 1 is 1.00 bits per heavy atom. The average Bonchev–Trinajstić information content (AvgIpc) is 3.08. The summed E-state index contributed by atoms with van der Waals surface area (Å²) in [5.74, 6) is -1.84. The van der Waals surface area contributed by atoms with Crippen LogP contribution in [0.25, 0.3) is 16.9 Å². The van der Waals surface area contributed by atoms with Crippen molar-refractivity contribution in [2.75, 3.05) is 5.32 Å². The van der Waals surface area contributed by atoms with Gasteiger partial charge in [-0.05, 0) is 30.7 Å². The Balaban J connectivity index is 1.58. The number of halogens is 2. The molecule has 2 aromatic heterocycles. The van der Waals surface area contributed by atoms with Crippen molar-refractivity contribution in [1.29, 1.82) is 0 Å². The Morgan fingerprint density at radius 3 is 2.57 bits per heavy atom. The Kier molecular flexibility index (Phi) is 4.85. The van der Waals surface area contributed by atoms with E-state index in [0.717, 1.165) is 34.7 Å². The summed E-state index contributed by atoms with van der Waals surface area (Å²) >= 11 is 0. The fraction of sp³-hybridized carbons (Fsp3) is 0.0909.